The first-order valence-electron chi connectivity index (χ1n) is 19.8. The Hall–Kier alpha value is -0.920. The predicted octanol–water partition coefficient (Wildman–Crippen LogP) is 9.13. The maximum atomic E-state index is 14.2. The fraction of sp³-hybridized carbons (Fsp3) is 0.919. The molecule has 0 radical (unpaired) electrons. The Kier molecular flexibility index (Phi) is 31.8. The van der Waals surface area contributed by atoms with E-state index in [0.717, 1.165) is 38.5 Å². The second-order valence-electron chi connectivity index (χ2n) is 13.7. The third-order valence-corrected chi connectivity index (χ3v) is 12.5. The monoisotopic (exact) mass is 804 g/mol. The molecule has 0 fully saturated rings. The van der Waals surface area contributed by atoms with Crippen molar-refractivity contribution in [3.05, 3.63) is 0 Å². The van der Waals surface area contributed by atoms with Crippen LogP contribution in [0, 0.1) is 0 Å². The van der Waals surface area contributed by atoms with Gasteiger partial charge >= 0.3 is 25.2 Å². The minimum atomic E-state index is -5.85. The average Bonchev–Trinajstić information content (AvgIpc) is 3.09. The number of hydrogen-bond acceptors (Lipinski definition) is 9. The molecule has 15 heteroatoms. The van der Waals surface area contributed by atoms with Crippen molar-refractivity contribution in [1.29, 1.82) is 0 Å². The Balaban J connectivity index is 4.57. The molecule has 0 aromatic carbocycles. The molecule has 0 bridgehead atoms. The molecule has 0 spiro atoms. The number of halogens is 2. The van der Waals surface area contributed by atoms with Gasteiger partial charge in [0.25, 0.3) is 0 Å². The first-order valence-corrected chi connectivity index (χ1v) is 23.6. The summed E-state index contributed by atoms with van der Waals surface area (Å²) >= 11 is 2.72. The Bertz CT molecular complexity index is 980. The number of rotatable bonds is 36. The van der Waals surface area contributed by atoms with Crippen LogP contribution in [-0.4, -0.2) is 81.1 Å². The van der Waals surface area contributed by atoms with Gasteiger partial charge in [-0.05, 0) is 44.1 Å². The average molecular weight is 805 g/mol. The molecule has 0 rings (SSSR count). The van der Waals surface area contributed by atoms with Crippen LogP contribution in [0.3, 0.4) is 0 Å². The largest absolute Gasteiger partial charge is 0.466 e. The lowest BCUT2D eigenvalue weighted by molar-refractivity contribution is -0.144. The van der Waals surface area contributed by atoms with Crippen molar-refractivity contribution in [2.75, 3.05) is 30.5 Å². The van der Waals surface area contributed by atoms with E-state index in [2.05, 4.69) is 19.2 Å². The number of carbonyl (C=O) groups is 3. The van der Waals surface area contributed by atoms with Crippen LogP contribution in [0.4, 0.5) is 8.78 Å². The second-order valence-corrected chi connectivity index (χ2v) is 17.8. The lowest BCUT2D eigenvalue weighted by Crippen LogP contribution is -2.56. The highest BCUT2D eigenvalue weighted by Gasteiger charge is 2.55. The van der Waals surface area contributed by atoms with Crippen molar-refractivity contribution in [1.82, 2.24) is 5.32 Å². The van der Waals surface area contributed by atoms with E-state index in [1.165, 1.54) is 107 Å². The number of amides is 1. The van der Waals surface area contributed by atoms with Crippen LogP contribution in [-0.2, 0) is 28.4 Å². The Labute approximate surface area is 321 Å². The van der Waals surface area contributed by atoms with Crippen LogP contribution in [0.5, 0.6) is 0 Å². The van der Waals surface area contributed by atoms with Gasteiger partial charge in [-0.3, -0.25) is 18.9 Å². The summed E-state index contributed by atoms with van der Waals surface area (Å²) in [5.41, 5.74) is 0.958. The molecule has 52 heavy (non-hydrogen) atoms. The molecule has 1 unspecified atom stereocenters. The number of esters is 2. The van der Waals surface area contributed by atoms with E-state index in [0.29, 0.717) is 42.9 Å². The van der Waals surface area contributed by atoms with Crippen LogP contribution in [0.15, 0.2) is 0 Å². The molecule has 1 amide bonds. The number of nitrogens with one attached hydrogen (secondary N) is 1. The molecule has 0 saturated heterocycles. The van der Waals surface area contributed by atoms with Crippen molar-refractivity contribution in [3.8, 4) is 0 Å². The van der Waals surface area contributed by atoms with Crippen LogP contribution in [0.25, 0.3) is 0 Å². The van der Waals surface area contributed by atoms with Crippen molar-refractivity contribution in [3.63, 3.8) is 0 Å². The zero-order chi connectivity index (χ0) is 39.1. The van der Waals surface area contributed by atoms with Crippen molar-refractivity contribution >= 4 is 49.0 Å². The molecule has 0 aliphatic rings. The number of ether oxygens (including phenoxy) is 2. The summed E-state index contributed by atoms with van der Waals surface area (Å²) in [6, 6.07) is -3.72. The lowest BCUT2D eigenvalue weighted by atomic mass is 10.1. The predicted molar refractivity (Wildman–Crippen MR) is 211 cm³/mol. The van der Waals surface area contributed by atoms with Gasteiger partial charge in [0.15, 0.2) is 0 Å². The molecule has 0 aromatic rings. The summed E-state index contributed by atoms with van der Waals surface area (Å²) in [6.45, 7) is 6.05. The number of alkyl halides is 2. The fourth-order valence-electron chi connectivity index (χ4n) is 5.41. The van der Waals surface area contributed by atoms with Gasteiger partial charge in [0.1, 0.15) is 6.04 Å². The summed E-state index contributed by atoms with van der Waals surface area (Å²) in [5, 5.41) is 1.72. The summed E-state index contributed by atoms with van der Waals surface area (Å²) in [4.78, 5) is 55.4. The van der Waals surface area contributed by atoms with Gasteiger partial charge in [0.2, 0.25) is 5.91 Å². The van der Waals surface area contributed by atoms with Crippen LogP contribution in [0.1, 0.15) is 162 Å². The lowest BCUT2D eigenvalue weighted by Gasteiger charge is -2.30. The molecule has 0 aliphatic heterocycles. The van der Waals surface area contributed by atoms with E-state index in [9.17, 15) is 27.7 Å². The van der Waals surface area contributed by atoms with Gasteiger partial charge in [-0.15, -0.1) is 11.8 Å². The molecule has 3 atom stereocenters. The highest BCUT2D eigenvalue weighted by Crippen LogP contribution is 2.54. The van der Waals surface area contributed by atoms with E-state index in [1.807, 2.05) is 0 Å². The summed E-state index contributed by atoms with van der Waals surface area (Å²) in [7, 11) is -5.85. The smallest absolute Gasteiger partial charge is 0.396 e. The standard InChI is InChI=1S/C37H71F2N2O8PS2/c1-4-6-8-10-12-14-16-18-20-24-33(42)48-26-22-28-51-30-32(36(44)41-31(3)35(40)37(38,39)50(45,46)47)52-29-23-27-49-34(43)25-21-19-17-15-13-11-9-7-5-2/h31-32,35H,4-30,40H2,1-3H3,(H,41,44)(H2,45,46,47)/t31?,32-,35+/m0/s1. The van der Waals surface area contributed by atoms with Crippen LogP contribution in [0.2, 0.25) is 0 Å². The van der Waals surface area contributed by atoms with Gasteiger partial charge < -0.3 is 30.3 Å². The SMILES string of the molecule is CCCCCCCCCCCC(=O)OCCCSC[C@H](SCCCOC(=O)CCCCCCCCCCC)C(=O)NC(C)[C@@H](N)C(F)(F)P(=O)(O)O. The number of carbonyl (C=O) groups excluding carboxylic acids is 3. The highest BCUT2D eigenvalue weighted by atomic mass is 32.2. The van der Waals surface area contributed by atoms with Crippen molar-refractivity contribution in [2.24, 2.45) is 5.73 Å². The molecular formula is C37H71F2N2O8PS2. The summed E-state index contributed by atoms with van der Waals surface area (Å²) in [5.74, 6) is 0.318. The molecule has 10 nitrogen and oxygen atoms in total. The molecule has 0 aromatic heterocycles. The van der Waals surface area contributed by atoms with Crippen LogP contribution < -0.4 is 11.1 Å². The second kappa shape index (κ2) is 32.3. The van der Waals surface area contributed by atoms with E-state index in [4.69, 9.17) is 25.0 Å². The first-order chi connectivity index (χ1) is 24.8. The topological polar surface area (TPSA) is 165 Å². The molecule has 0 saturated carbocycles. The van der Waals surface area contributed by atoms with E-state index in [-0.39, 0.29) is 25.2 Å². The van der Waals surface area contributed by atoms with Crippen molar-refractivity contribution < 1.29 is 47.0 Å². The number of hydrogen-bond donors (Lipinski definition) is 4. The minimum absolute atomic E-state index is 0.199. The van der Waals surface area contributed by atoms with Gasteiger partial charge in [0, 0.05) is 24.6 Å². The number of unbranched alkanes of at least 4 members (excludes halogenated alkanes) is 16. The van der Waals surface area contributed by atoms with Gasteiger partial charge in [0.05, 0.1) is 18.5 Å². The Morgan fingerprint density at radius 3 is 1.54 bits per heavy atom. The third-order valence-electron chi connectivity index (χ3n) is 8.80. The van der Waals surface area contributed by atoms with E-state index in [1.54, 1.807) is 0 Å². The summed E-state index contributed by atoms with van der Waals surface area (Å²) in [6.07, 6.45) is 22.8. The van der Waals surface area contributed by atoms with E-state index >= 15 is 0 Å². The summed E-state index contributed by atoms with van der Waals surface area (Å²) < 4.78 is 50.3. The maximum Gasteiger partial charge on any atom is 0.396 e. The van der Waals surface area contributed by atoms with Crippen LogP contribution >= 0.6 is 31.1 Å². The normalized spacial score (nSPS) is 13.8. The molecule has 5 N–H and O–H groups in total. The molecule has 308 valence electrons. The number of nitrogens with two attached hydrogens (primary N) is 1. The maximum absolute atomic E-state index is 14.2. The number of thioether (sulfide) groups is 2. The van der Waals surface area contributed by atoms with Crippen molar-refractivity contribution in [2.45, 2.75) is 185 Å². The van der Waals surface area contributed by atoms with Gasteiger partial charge in [-0.1, -0.05) is 117 Å². The zero-order valence-electron chi connectivity index (χ0n) is 32.3. The molecule has 0 heterocycles. The third kappa shape index (κ3) is 26.8. The molecule has 0 aliphatic carbocycles. The van der Waals surface area contributed by atoms with E-state index < -0.39 is 36.5 Å². The minimum Gasteiger partial charge on any atom is -0.466 e. The van der Waals surface area contributed by atoms with Gasteiger partial charge in [-0.25, -0.2) is 0 Å². The quantitative estimate of drug-likeness (QED) is 0.0271. The molecular weight excluding hydrogens is 734 g/mol. The Morgan fingerprint density at radius 1 is 0.712 bits per heavy atom. The Morgan fingerprint density at radius 2 is 1.12 bits per heavy atom. The highest BCUT2D eigenvalue weighted by molar-refractivity contribution is 8.03. The van der Waals surface area contributed by atoms with Gasteiger partial charge in [-0.2, -0.15) is 20.5 Å². The zero-order valence-corrected chi connectivity index (χ0v) is 34.8. The first kappa shape index (κ1) is 51.1. The fourth-order valence-corrected chi connectivity index (χ4v) is 8.34.